The molecule has 0 aromatic heterocycles. The molecule has 1 rings (SSSR count). The molecule has 80 valence electrons. The predicted octanol–water partition coefficient (Wildman–Crippen LogP) is 1.87. The molecular weight excluding hydrogens is 178 g/mol. The normalized spacial score (nSPS) is 27.6. The van der Waals surface area contributed by atoms with Crippen LogP contribution in [0.1, 0.15) is 46.0 Å². The van der Waals surface area contributed by atoms with Crippen molar-refractivity contribution in [2.24, 2.45) is 11.8 Å². The molecule has 1 aliphatic rings. The number of hydrogen-bond acceptors (Lipinski definition) is 2. The maximum atomic E-state index is 11.4. The van der Waals surface area contributed by atoms with Gasteiger partial charge in [0.1, 0.15) is 0 Å². The van der Waals surface area contributed by atoms with Crippen molar-refractivity contribution < 1.29 is 9.59 Å². The van der Waals surface area contributed by atoms with Crippen LogP contribution in [0.2, 0.25) is 0 Å². The van der Waals surface area contributed by atoms with Crippen LogP contribution in [-0.4, -0.2) is 11.8 Å². The van der Waals surface area contributed by atoms with E-state index in [0.29, 0.717) is 0 Å². The number of piperidine rings is 1. The molecule has 0 radical (unpaired) electrons. The zero-order valence-corrected chi connectivity index (χ0v) is 9.01. The van der Waals surface area contributed by atoms with E-state index in [1.165, 1.54) is 0 Å². The van der Waals surface area contributed by atoms with Crippen molar-refractivity contribution in [3.05, 3.63) is 0 Å². The van der Waals surface area contributed by atoms with Gasteiger partial charge >= 0.3 is 0 Å². The second-order valence-corrected chi connectivity index (χ2v) is 4.03. The van der Waals surface area contributed by atoms with Gasteiger partial charge < -0.3 is 0 Å². The van der Waals surface area contributed by atoms with Crippen molar-refractivity contribution in [2.45, 2.75) is 46.0 Å². The van der Waals surface area contributed by atoms with E-state index < -0.39 is 0 Å². The van der Waals surface area contributed by atoms with Gasteiger partial charge in [-0.3, -0.25) is 14.9 Å². The van der Waals surface area contributed by atoms with Crippen molar-refractivity contribution in [1.82, 2.24) is 5.32 Å². The standard InChI is InChI=1S/C11H19NO2/c1-3-5-6-9-7-8(4-2)10(13)12-11(9)14/h8-9H,3-7H2,1-2H3,(H,12,13,14). The van der Waals surface area contributed by atoms with Crippen molar-refractivity contribution >= 4 is 11.8 Å². The van der Waals surface area contributed by atoms with E-state index in [4.69, 9.17) is 0 Å². The summed E-state index contributed by atoms with van der Waals surface area (Å²) in [7, 11) is 0. The van der Waals surface area contributed by atoms with Gasteiger partial charge in [0.05, 0.1) is 0 Å². The Labute approximate surface area is 85.3 Å². The first-order valence-electron chi connectivity index (χ1n) is 5.53. The van der Waals surface area contributed by atoms with Gasteiger partial charge in [-0.2, -0.15) is 0 Å². The maximum Gasteiger partial charge on any atom is 0.229 e. The molecular formula is C11H19NO2. The van der Waals surface area contributed by atoms with Gasteiger partial charge in [-0.15, -0.1) is 0 Å². The molecule has 3 heteroatoms. The first-order chi connectivity index (χ1) is 6.69. The highest BCUT2D eigenvalue weighted by molar-refractivity contribution is 5.99. The summed E-state index contributed by atoms with van der Waals surface area (Å²) in [6, 6.07) is 0. The summed E-state index contributed by atoms with van der Waals surface area (Å²) in [5.41, 5.74) is 0. The van der Waals surface area contributed by atoms with E-state index in [0.717, 1.165) is 32.1 Å². The molecule has 2 atom stereocenters. The van der Waals surface area contributed by atoms with Crippen LogP contribution < -0.4 is 5.32 Å². The second-order valence-electron chi connectivity index (χ2n) is 4.03. The molecule has 14 heavy (non-hydrogen) atoms. The number of rotatable bonds is 4. The molecule has 2 unspecified atom stereocenters. The second kappa shape index (κ2) is 5.13. The van der Waals surface area contributed by atoms with Crippen LogP contribution >= 0.6 is 0 Å². The Morgan fingerprint density at radius 3 is 2.43 bits per heavy atom. The van der Waals surface area contributed by atoms with Gasteiger partial charge in [-0.1, -0.05) is 26.7 Å². The highest BCUT2D eigenvalue weighted by Gasteiger charge is 2.32. The number of nitrogens with one attached hydrogen (secondary N) is 1. The Balaban J connectivity index is 2.51. The van der Waals surface area contributed by atoms with Gasteiger partial charge in [0.25, 0.3) is 0 Å². The van der Waals surface area contributed by atoms with E-state index in [1.807, 2.05) is 6.92 Å². The fourth-order valence-electron chi connectivity index (χ4n) is 1.93. The summed E-state index contributed by atoms with van der Waals surface area (Å²) in [4.78, 5) is 22.8. The summed E-state index contributed by atoms with van der Waals surface area (Å²) in [6.45, 7) is 4.11. The number of carbonyl (C=O) groups is 2. The van der Waals surface area contributed by atoms with Crippen molar-refractivity contribution in [1.29, 1.82) is 0 Å². The number of hydrogen-bond donors (Lipinski definition) is 1. The lowest BCUT2D eigenvalue weighted by Crippen LogP contribution is -2.45. The van der Waals surface area contributed by atoms with Gasteiger partial charge in [-0.25, -0.2) is 0 Å². The smallest absolute Gasteiger partial charge is 0.229 e. The molecule has 1 N–H and O–H groups in total. The first kappa shape index (κ1) is 11.2. The fraction of sp³-hybridized carbons (Fsp3) is 0.818. The lowest BCUT2D eigenvalue weighted by molar-refractivity contribution is -0.140. The fourth-order valence-corrected chi connectivity index (χ4v) is 1.93. The molecule has 0 aromatic rings. The Kier molecular flexibility index (Phi) is 4.11. The molecule has 0 bridgehead atoms. The average Bonchev–Trinajstić information content (AvgIpc) is 2.17. The van der Waals surface area contributed by atoms with Crippen molar-refractivity contribution in [3.63, 3.8) is 0 Å². The lowest BCUT2D eigenvalue weighted by atomic mass is 9.85. The van der Waals surface area contributed by atoms with E-state index >= 15 is 0 Å². The molecule has 1 saturated heterocycles. The predicted molar refractivity (Wildman–Crippen MR) is 54.6 cm³/mol. The molecule has 2 amide bonds. The largest absolute Gasteiger partial charge is 0.296 e. The van der Waals surface area contributed by atoms with Crippen LogP contribution in [0.15, 0.2) is 0 Å². The minimum absolute atomic E-state index is 0.0505. The molecule has 0 aliphatic carbocycles. The van der Waals surface area contributed by atoms with E-state index in [9.17, 15) is 9.59 Å². The zero-order chi connectivity index (χ0) is 10.6. The SMILES string of the molecule is CCCCC1CC(CC)C(=O)NC1=O. The first-order valence-corrected chi connectivity index (χ1v) is 5.53. The minimum atomic E-state index is -0.0785. The van der Waals surface area contributed by atoms with E-state index in [-0.39, 0.29) is 23.7 Å². The maximum absolute atomic E-state index is 11.4. The number of imide groups is 1. The summed E-state index contributed by atoms with van der Waals surface area (Å²) in [6.07, 6.45) is 4.69. The van der Waals surface area contributed by atoms with Crippen molar-refractivity contribution in [2.75, 3.05) is 0 Å². The highest BCUT2D eigenvalue weighted by atomic mass is 16.2. The molecule has 1 fully saturated rings. The van der Waals surface area contributed by atoms with E-state index in [1.54, 1.807) is 0 Å². The van der Waals surface area contributed by atoms with Gasteiger partial charge in [-0.05, 0) is 19.3 Å². The Bertz CT molecular complexity index is 225. The van der Waals surface area contributed by atoms with Gasteiger partial charge in [0.15, 0.2) is 0 Å². The highest BCUT2D eigenvalue weighted by Crippen LogP contribution is 2.24. The van der Waals surface area contributed by atoms with Crippen LogP contribution in [0, 0.1) is 11.8 Å². The van der Waals surface area contributed by atoms with Crippen LogP contribution in [0.3, 0.4) is 0 Å². The van der Waals surface area contributed by atoms with Gasteiger partial charge in [0, 0.05) is 11.8 Å². The number of amides is 2. The third-order valence-electron chi connectivity index (χ3n) is 2.96. The Morgan fingerprint density at radius 2 is 1.86 bits per heavy atom. The minimum Gasteiger partial charge on any atom is -0.296 e. The Hall–Kier alpha value is -0.860. The average molecular weight is 197 g/mol. The van der Waals surface area contributed by atoms with Crippen LogP contribution in [-0.2, 0) is 9.59 Å². The summed E-state index contributed by atoms with van der Waals surface area (Å²) in [5, 5.41) is 2.46. The number of unbranched alkanes of at least 4 members (excludes halogenated alkanes) is 1. The third-order valence-corrected chi connectivity index (χ3v) is 2.96. The zero-order valence-electron chi connectivity index (χ0n) is 9.01. The molecule has 0 aromatic carbocycles. The lowest BCUT2D eigenvalue weighted by Gasteiger charge is -2.26. The third kappa shape index (κ3) is 2.56. The summed E-state index contributed by atoms with van der Waals surface area (Å²) < 4.78 is 0. The monoisotopic (exact) mass is 197 g/mol. The van der Waals surface area contributed by atoms with Crippen LogP contribution in [0.4, 0.5) is 0 Å². The molecule has 1 aliphatic heterocycles. The number of carbonyl (C=O) groups excluding carboxylic acids is 2. The molecule has 3 nitrogen and oxygen atoms in total. The van der Waals surface area contributed by atoms with Crippen LogP contribution in [0.5, 0.6) is 0 Å². The van der Waals surface area contributed by atoms with Crippen LogP contribution in [0.25, 0.3) is 0 Å². The van der Waals surface area contributed by atoms with Crippen molar-refractivity contribution in [3.8, 4) is 0 Å². The van der Waals surface area contributed by atoms with E-state index in [2.05, 4.69) is 12.2 Å². The molecule has 1 heterocycles. The van der Waals surface area contributed by atoms with Gasteiger partial charge in [0.2, 0.25) is 11.8 Å². The molecule has 0 spiro atoms. The quantitative estimate of drug-likeness (QED) is 0.699. The summed E-state index contributed by atoms with van der Waals surface area (Å²) >= 11 is 0. The topological polar surface area (TPSA) is 46.2 Å². The Morgan fingerprint density at radius 1 is 1.21 bits per heavy atom. The molecule has 0 saturated carbocycles. The summed E-state index contributed by atoms with van der Waals surface area (Å²) in [5.74, 6) is -0.0226.